The minimum absolute atomic E-state index is 0.101. The average Bonchev–Trinajstić information content (AvgIpc) is 3.59. The highest BCUT2D eigenvalue weighted by atomic mass is 16.5. The van der Waals surface area contributed by atoms with Crippen molar-refractivity contribution in [1.82, 2.24) is 20.5 Å². The van der Waals surface area contributed by atoms with Crippen LogP contribution in [0.5, 0.6) is 5.75 Å². The summed E-state index contributed by atoms with van der Waals surface area (Å²) in [6.07, 6.45) is 6.35. The van der Waals surface area contributed by atoms with E-state index in [2.05, 4.69) is 69.0 Å². The zero-order valence-corrected chi connectivity index (χ0v) is 21.8. The number of nitrogens with zero attached hydrogens (tertiary/aromatic N) is 2. The monoisotopic (exact) mass is 506 g/mol. The number of hydrogen-bond donors (Lipinski definition) is 2. The SMILES string of the molecule is COc1ccc(CN[C@H]2C[C@@H](C(=O)NCc3cccnc3)N(C3Cc4ccccc4C3)C2)c2ccccc12. The molecule has 2 aliphatic rings. The van der Waals surface area contributed by atoms with Crippen LogP contribution in [0.4, 0.5) is 0 Å². The molecule has 6 rings (SSSR count). The van der Waals surface area contributed by atoms with Crippen LogP contribution < -0.4 is 15.4 Å². The zero-order valence-electron chi connectivity index (χ0n) is 21.8. The number of rotatable bonds is 8. The molecule has 1 saturated heterocycles. The predicted molar refractivity (Wildman–Crippen MR) is 150 cm³/mol. The molecule has 6 heteroatoms. The molecule has 4 aromatic rings. The van der Waals surface area contributed by atoms with Gasteiger partial charge in [0.1, 0.15) is 5.75 Å². The Morgan fingerprint density at radius 1 is 0.947 bits per heavy atom. The number of ether oxygens (including phenoxy) is 1. The number of aromatic nitrogens is 1. The quantitative estimate of drug-likeness (QED) is 0.374. The van der Waals surface area contributed by atoms with Gasteiger partial charge < -0.3 is 15.4 Å². The van der Waals surface area contributed by atoms with Gasteiger partial charge in [0, 0.05) is 49.5 Å². The summed E-state index contributed by atoms with van der Waals surface area (Å²) in [7, 11) is 1.72. The molecule has 1 fully saturated rings. The van der Waals surface area contributed by atoms with Crippen LogP contribution in [0.15, 0.2) is 85.2 Å². The van der Waals surface area contributed by atoms with Crippen molar-refractivity contribution in [3.63, 3.8) is 0 Å². The first-order valence-corrected chi connectivity index (χ1v) is 13.5. The van der Waals surface area contributed by atoms with Gasteiger partial charge in [0.15, 0.2) is 0 Å². The van der Waals surface area contributed by atoms with Gasteiger partial charge in [-0.2, -0.15) is 0 Å². The number of hydrogen-bond acceptors (Lipinski definition) is 5. The van der Waals surface area contributed by atoms with Gasteiger partial charge in [0.25, 0.3) is 0 Å². The van der Waals surface area contributed by atoms with E-state index in [1.165, 1.54) is 22.1 Å². The fraction of sp³-hybridized carbons (Fsp3) is 0.312. The topological polar surface area (TPSA) is 66.5 Å². The van der Waals surface area contributed by atoms with E-state index in [-0.39, 0.29) is 18.0 Å². The highest BCUT2D eigenvalue weighted by Crippen LogP contribution is 2.32. The van der Waals surface area contributed by atoms with Crippen molar-refractivity contribution in [1.29, 1.82) is 0 Å². The Hall–Kier alpha value is -3.74. The molecule has 1 aromatic heterocycles. The van der Waals surface area contributed by atoms with Crippen LogP contribution in [0, 0.1) is 0 Å². The van der Waals surface area contributed by atoms with E-state index < -0.39 is 0 Å². The second-order valence-electron chi connectivity index (χ2n) is 10.4. The number of fused-ring (bicyclic) bond motifs is 2. The summed E-state index contributed by atoms with van der Waals surface area (Å²) in [6, 6.07) is 25.6. The Labute approximate surface area is 224 Å². The van der Waals surface area contributed by atoms with Crippen molar-refractivity contribution < 1.29 is 9.53 Å². The molecule has 1 aliphatic carbocycles. The van der Waals surface area contributed by atoms with Gasteiger partial charge in [-0.05, 0) is 59.0 Å². The van der Waals surface area contributed by atoms with Crippen molar-refractivity contribution in [2.45, 2.75) is 50.5 Å². The van der Waals surface area contributed by atoms with E-state index in [4.69, 9.17) is 4.74 Å². The lowest BCUT2D eigenvalue weighted by atomic mass is 10.0. The summed E-state index contributed by atoms with van der Waals surface area (Å²) >= 11 is 0. The minimum atomic E-state index is -0.156. The molecule has 1 amide bonds. The standard InChI is InChI=1S/C32H34N4O2/c1-38-31-13-12-25(28-10-4-5-11-29(28)31)20-34-26-17-30(32(37)35-19-22-7-6-14-33-18-22)36(21-26)27-15-23-8-2-3-9-24(23)16-27/h2-14,18,26-27,30,34H,15-17,19-21H2,1H3,(H,35,37)/t26-,30-/m0/s1. The first kappa shape index (κ1) is 24.6. The third kappa shape index (κ3) is 5.02. The number of carbonyl (C=O) groups is 1. The third-order valence-electron chi connectivity index (χ3n) is 8.11. The summed E-state index contributed by atoms with van der Waals surface area (Å²) in [5, 5.41) is 9.30. The van der Waals surface area contributed by atoms with Crippen molar-refractivity contribution in [2.75, 3.05) is 13.7 Å². The highest BCUT2D eigenvalue weighted by Gasteiger charge is 2.41. The van der Waals surface area contributed by atoms with E-state index in [1.54, 1.807) is 13.3 Å². The van der Waals surface area contributed by atoms with Crippen molar-refractivity contribution in [3.8, 4) is 5.75 Å². The Morgan fingerprint density at radius 2 is 1.71 bits per heavy atom. The number of benzene rings is 3. The number of likely N-dealkylation sites (tertiary alicyclic amines) is 1. The van der Waals surface area contributed by atoms with E-state index in [1.807, 2.05) is 30.5 Å². The van der Waals surface area contributed by atoms with Gasteiger partial charge in [0.2, 0.25) is 5.91 Å². The van der Waals surface area contributed by atoms with E-state index in [9.17, 15) is 4.79 Å². The minimum Gasteiger partial charge on any atom is -0.496 e. The molecule has 0 saturated carbocycles. The smallest absolute Gasteiger partial charge is 0.237 e. The van der Waals surface area contributed by atoms with Crippen LogP contribution in [0.25, 0.3) is 10.8 Å². The van der Waals surface area contributed by atoms with Crippen LogP contribution in [0.1, 0.15) is 28.7 Å². The van der Waals surface area contributed by atoms with Crippen LogP contribution in [0.2, 0.25) is 0 Å². The normalized spacial score (nSPS) is 19.5. The summed E-state index contributed by atoms with van der Waals surface area (Å²) in [5.41, 5.74) is 5.08. The highest BCUT2D eigenvalue weighted by molar-refractivity contribution is 5.91. The van der Waals surface area contributed by atoms with Gasteiger partial charge >= 0.3 is 0 Å². The van der Waals surface area contributed by atoms with Gasteiger partial charge in [-0.1, -0.05) is 60.7 Å². The van der Waals surface area contributed by atoms with Crippen LogP contribution in [0.3, 0.4) is 0 Å². The number of amides is 1. The molecule has 2 heterocycles. The summed E-state index contributed by atoms with van der Waals surface area (Å²) in [4.78, 5) is 20.1. The number of pyridine rings is 1. The fourth-order valence-corrected chi connectivity index (χ4v) is 6.17. The largest absolute Gasteiger partial charge is 0.496 e. The molecular weight excluding hydrogens is 472 g/mol. The van der Waals surface area contributed by atoms with Crippen LogP contribution in [-0.4, -0.2) is 47.6 Å². The molecule has 194 valence electrons. The molecule has 0 spiro atoms. The first-order valence-electron chi connectivity index (χ1n) is 13.5. The van der Waals surface area contributed by atoms with E-state index in [0.717, 1.165) is 49.1 Å². The fourth-order valence-electron chi connectivity index (χ4n) is 6.17. The molecule has 0 radical (unpaired) electrons. The summed E-state index contributed by atoms with van der Waals surface area (Å²) < 4.78 is 5.58. The van der Waals surface area contributed by atoms with Crippen molar-refractivity contribution in [3.05, 3.63) is 107 Å². The summed E-state index contributed by atoms with van der Waals surface area (Å²) in [5.74, 6) is 0.992. The molecule has 2 atom stereocenters. The maximum atomic E-state index is 13.5. The first-order chi connectivity index (χ1) is 18.7. The maximum Gasteiger partial charge on any atom is 0.237 e. The van der Waals surface area contributed by atoms with Gasteiger partial charge in [-0.15, -0.1) is 0 Å². The van der Waals surface area contributed by atoms with Gasteiger partial charge in [-0.3, -0.25) is 14.7 Å². The summed E-state index contributed by atoms with van der Waals surface area (Å²) in [6.45, 7) is 2.10. The van der Waals surface area contributed by atoms with Crippen molar-refractivity contribution in [2.24, 2.45) is 0 Å². The van der Waals surface area contributed by atoms with Crippen LogP contribution in [-0.2, 0) is 30.7 Å². The van der Waals surface area contributed by atoms with Gasteiger partial charge in [-0.25, -0.2) is 0 Å². The lowest BCUT2D eigenvalue weighted by molar-refractivity contribution is -0.126. The molecule has 6 nitrogen and oxygen atoms in total. The zero-order chi connectivity index (χ0) is 25.9. The third-order valence-corrected chi connectivity index (χ3v) is 8.11. The molecule has 3 aromatic carbocycles. The Bertz CT molecular complexity index is 1400. The second kappa shape index (κ2) is 10.9. The van der Waals surface area contributed by atoms with Crippen molar-refractivity contribution >= 4 is 16.7 Å². The van der Waals surface area contributed by atoms with Gasteiger partial charge in [0.05, 0.1) is 13.2 Å². The predicted octanol–water partition coefficient (Wildman–Crippen LogP) is 4.26. The second-order valence-corrected chi connectivity index (χ2v) is 10.4. The number of methoxy groups -OCH3 is 1. The molecule has 38 heavy (non-hydrogen) atoms. The van der Waals surface area contributed by atoms with Crippen LogP contribution >= 0.6 is 0 Å². The molecule has 0 bridgehead atoms. The number of nitrogens with one attached hydrogen (secondary N) is 2. The maximum absolute atomic E-state index is 13.5. The molecular formula is C32H34N4O2. The average molecular weight is 507 g/mol. The molecule has 2 N–H and O–H groups in total. The lowest BCUT2D eigenvalue weighted by Crippen LogP contribution is -2.48. The van der Waals surface area contributed by atoms with E-state index >= 15 is 0 Å². The Balaban J connectivity index is 1.18. The Morgan fingerprint density at radius 3 is 2.45 bits per heavy atom. The van der Waals surface area contributed by atoms with E-state index in [0.29, 0.717) is 12.6 Å². The lowest BCUT2D eigenvalue weighted by Gasteiger charge is -2.29. The number of carbonyl (C=O) groups excluding carboxylic acids is 1. The molecule has 0 unspecified atom stereocenters. The Kier molecular flexibility index (Phi) is 7.08. The molecule has 1 aliphatic heterocycles.